The van der Waals surface area contributed by atoms with Crippen molar-refractivity contribution in [2.24, 2.45) is 0 Å². The molecule has 0 spiro atoms. The zero-order chi connectivity index (χ0) is 16.8. The van der Waals surface area contributed by atoms with Gasteiger partial charge >= 0.3 is 0 Å². The third-order valence-electron chi connectivity index (χ3n) is 2.71. The number of nitrogens with one attached hydrogen (secondary N) is 2. The summed E-state index contributed by atoms with van der Waals surface area (Å²) in [7, 11) is 0. The first-order valence-electron chi connectivity index (χ1n) is 6.45. The van der Waals surface area contributed by atoms with Gasteiger partial charge in [0.25, 0.3) is 0 Å². The Morgan fingerprint density at radius 1 is 1.09 bits per heavy atom. The molecule has 0 atom stereocenters. The van der Waals surface area contributed by atoms with Gasteiger partial charge in [-0.1, -0.05) is 35.3 Å². The minimum Gasteiger partial charge on any atom is -0.332 e. The van der Waals surface area contributed by atoms with E-state index in [1.807, 2.05) is 0 Å². The number of thiocarbonyl (C=S) groups is 1. The molecule has 0 radical (unpaired) electrons. The van der Waals surface area contributed by atoms with Crippen molar-refractivity contribution in [1.82, 2.24) is 5.32 Å². The number of rotatable bonds is 3. The predicted octanol–water partition coefficient (Wildman–Crippen LogP) is 4.66. The molecule has 0 aliphatic carbocycles. The number of halogens is 3. The molecule has 1 amide bonds. The van der Waals surface area contributed by atoms with Gasteiger partial charge in [-0.15, -0.1) is 0 Å². The normalized spacial score (nSPS) is 10.6. The summed E-state index contributed by atoms with van der Waals surface area (Å²) in [4.78, 5) is 11.8. The van der Waals surface area contributed by atoms with Gasteiger partial charge in [-0.25, -0.2) is 4.39 Å². The van der Waals surface area contributed by atoms with Crippen molar-refractivity contribution in [2.45, 2.75) is 0 Å². The molecule has 118 valence electrons. The molecule has 3 nitrogen and oxygen atoms in total. The number of anilines is 1. The molecule has 0 aliphatic rings. The SMILES string of the molecule is O=C(/C=C/c1ccc(F)cc1)NC(=S)Nc1ccc(Cl)c(Cl)c1. The average Bonchev–Trinajstić information content (AvgIpc) is 2.50. The topological polar surface area (TPSA) is 41.1 Å². The van der Waals surface area contributed by atoms with E-state index in [9.17, 15) is 9.18 Å². The van der Waals surface area contributed by atoms with E-state index in [2.05, 4.69) is 10.6 Å². The largest absolute Gasteiger partial charge is 0.332 e. The molecule has 23 heavy (non-hydrogen) atoms. The van der Waals surface area contributed by atoms with Crippen molar-refractivity contribution in [1.29, 1.82) is 0 Å². The van der Waals surface area contributed by atoms with Crippen LogP contribution in [0.3, 0.4) is 0 Å². The average molecular weight is 369 g/mol. The number of amides is 1. The summed E-state index contributed by atoms with van der Waals surface area (Å²) in [6, 6.07) is 10.6. The van der Waals surface area contributed by atoms with E-state index in [0.717, 1.165) is 0 Å². The molecule has 0 fully saturated rings. The fourth-order valence-electron chi connectivity index (χ4n) is 1.64. The molecule has 0 heterocycles. The maximum absolute atomic E-state index is 12.8. The zero-order valence-corrected chi connectivity index (χ0v) is 14.0. The maximum Gasteiger partial charge on any atom is 0.250 e. The molecule has 0 aromatic heterocycles. The summed E-state index contributed by atoms with van der Waals surface area (Å²) in [5.74, 6) is -0.745. The number of carbonyl (C=O) groups is 1. The first-order valence-corrected chi connectivity index (χ1v) is 7.61. The standard InChI is InChI=1S/C16H11Cl2FN2OS/c17-13-7-6-12(9-14(13)18)20-16(23)21-15(22)8-3-10-1-4-11(19)5-2-10/h1-9H,(H2,20,21,22,23)/b8-3+. The Balaban J connectivity index is 1.90. The van der Waals surface area contributed by atoms with Crippen LogP contribution in [0.1, 0.15) is 5.56 Å². The Morgan fingerprint density at radius 2 is 1.78 bits per heavy atom. The highest BCUT2D eigenvalue weighted by molar-refractivity contribution is 7.80. The van der Waals surface area contributed by atoms with Crippen LogP contribution in [0, 0.1) is 5.82 Å². The summed E-state index contributed by atoms with van der Waals surface area (Å²) < 4.78 is 12.8. The minimum absolute atomic E-state index is 0.122. The van der Waals surface area contributed by atoms with Gasteiger partial charge < -0.3 is 5.32 Å². The fourth-order valence-corrected chi connectivity index (χ4v) is 2.15. The molecule has 7 heteroatoms. The van der Waals surface area contributed by atoms with Crippen molar-refractivity contribution in [3.63, 3.8) is 0 Å². The van der Waals surface area contributed by atoms with Gasteiger partial charge in [-0.3, -0.25) is 10.1 Å². The Labute approximate surface area is 148 Å². The molecule has 0 saturated heterocycles. The Hall–Kier alpha value is -1.95. The van der Waals surface area contributed by atoms with Crippen LogP contribution in [0.4, 0.5) is 10.1 Å². The Kier molecular flexibility index (Phi) is 6.10. The zero-order valence-electron chi connectivity index (χ0n) is 11.6. The van der Waals surface area contributed by atoms with Gasteiger partial charge in [0.15, 0.2) is 5.11 Å². The third kappa shape index (κ3) is 5.63. The molecule has 0 saturated carbocycles. The second-order valence-electron chi connectivity index (χ2n) is 4.46. The molecule has 0 bridgehead atoms. The monoisotopic (exact) mass is 368 g/mol. The fraction of sp³-hybridized carbons (Fsp3) is 0. The quantitative estimate of drug-likeness (QED) is 0.611. The smallest absolute Gasteiger partial charge is 0.250 e. The number of hydrogen-bond donors (Lipinski definition) is 2. The highest BCUT2D eigenvalue weighted by atomic mass is 35.5. The van der Waals surface area contributed by atoms with Gasteiger partial charge in [0, 0.05) is 11.8 Å². The van der Waals surface area contributed by atoms with Crippen LogP contribution >= 0.6 is 35.4 Å². The van der Waals surface area contributed by atoms with E-state index >= 15 is 0 Å². The van der Waals surface area contributed by atoms with E-state index < -0.39 is 5.91 Å². The predicted molar refractivity (Wildman–Crippen MR) is 96.3 cm³/mol. The first-order chi connectivity index (χ1) is 10.9. The van der Waals surface area contributed by atoms with Crippen molar-refractivity contribution in [3.05, 3.63) is 70.0 Å². The highest BCUT2D eigenvalue weighted by Gasteiger charge is 2.04. The van der Waals surface area contributed by atoms with Crippen molar-refractivity contribution >= 4 is 58.2 Å². The van der Waals surface area contributed by atoms with Gasteiger partial charge in [-0.2, -0.15) is 0 Å². The van der Waals surface area contributed by atoms with Crippen molar-refractivity contribution in [3.8, 4) is 0 Å². The van der Waals surface area contributed by atoms with Crippen LogP contribution in [-0.2, 0) is 4.79 Å². The summed E-state index contributed by atoms with van der Waals surface area (Å²) >= 11 is 16.7. The number of hydrogen-bond acceptors (Lipinski definition) is 2. The van der Waals surface area contributed by atoms with E-state index in [0.29, 0.717) is 21.3 Å². The van der Waals surface area contributed by atoms with Crippen LogP contribution in [0.5, 0.6) is 0 Å². The molecule has 0 aliphatic heterocycles. The molecule has 2 aromatic rings. The summed E-state index contributed by atoms with van der Waals surface area (Å²) in [6.45, 7) is 0. The molecular weight excluding hydrogens is 358 g/mol. The molecule has 2 N–H and O–H groups in total. The van der Waals surface area contributed by atoms with E-state index in [-0.39, 0.29) is 10.9 Å². The molecule has 0 unspecified atom stereocenters. The minimum atomic E-state index is -0.410. The second-order valence-corrected chi connectivity index (χ2v) is 5.68. The molecular formula is C16H11Cl2FN2OS. The van der Waals surface area contributed by atoms with E-state index in [1.165, 1.54) is 18.2 Å². The lowest BCUT2D eigenvalue weighted by molar-refractivity contribution is -0.115. The van der Waals surface area contributed by atoms with Crippen molar-refractivity contribution < 1.29 is 9.18 Å². The lowest BCUT2D eigenvalue weighted by Crippen LogP contribution is -2.32. The van der Waals surface area contributed by atoms with Crippen LogP contribution in [0.25, 0.3) is 6.08 Å². The lowest BCUT2D eigenvalue weighted by atomic mass is 10.2. The van der Waals surface area contributed by atoms with Gasteiger partial charge in [0.05, 0.1) is 10.0 Å². The third-order valence-corrected chi connectivity index (χ3v) is 3.65. The van der Waals surface area contributed by atoms with Crippen LogP contribution in [-0.4, -0.2) is 11.0 Å². The molecule has 2 rings (SSSR count). The summed E-state index contributed by atoms with van der Waals surface area (Å²) in [5.41, 5.74) is 1.30. The number of carbonyl (C=O) groups excluding carboxylic acids is 1. The molecule has 2 aromatic carbocycles. The van der Waals surface area contributed by atoms with Crippen molar-refractivity contribution in [2.75, 3.05) is 5.32 Å². The Bertz CT molecular complexity index is 763. The van der Waals surface area contributed by atoms with E-state index in [1.54, 1.807) is 36.4 Å². The van der Waals surface area contributed by atoms with Gasteiger partial charge in [0.1, 0.15) is 5.82 Å². The summed E-state index contributed by atoms with van der Waals surface area (Å²) in [6.07, 6.45) is 2.85. The number of benzene rings is 2. The highest BCUT2D eigenvalue weighted by Crippen LogP contribution is 2.24. The summed E-state index contributed by atoms with van der Waals surface area (Å²) in [5, 5.41) is 6.23. The van der Waals surface area contributed by atoms with Gasteiger partial charge in [0.2, 0.25) is 5.91 Å². The van der Waals surface area contributed by atoms with Crippen LogP contribution in [0.15, 0.2) is 48.5 Å². The first kappa shape index (κ1) is 17.4. The van der Waals surface area contributed by atoms with E-state index in [4.69, 9.17) is 35.4 Å². The second kappa shape index (κ2) is 8.06. The maximum atomic E-state index is 12.8. The van der Waals surface area contributed by atoms with Gasteiger partial charge in [-0.05, 0) is 54.2 Å². The Morgan fingerprint density at radius 3 is 2.43 bits per heavy atom. The van der Waals surface area contributed by atoms with Crippen LogP contribution < -0.4 is 10.6 Å². The van der Waals surface area contributed by atoms with Crippen LogP contribution in [0.2, 0.25) is 10.0 Å². The lowest BCUT2D eigenvalue weighted by Gasteiger charge is -2.08.